The first kappa shape index (κ1) is 18.3. The lowest BCUT2D eigenvalue weighted by Gasteiger charge is -2.07. The van der Waals surface area contributed by atoms with Crippen molar-refractivity contribution in [1.82, 2.24) is 9.97 Å². The van der Waals surface area contributed by atoms with Gasteiger partial charge in [0, 0.05) is 38.8 Å². The van der Waals surface area contributed by atoms with Crippen LogP contribution in [0.25, 0.3) is 33.1 Å². The Bertz CT molecular complexity index is 1390. The monoisotopic (exact) mass is 390 g/mol. The summed E-state index contributed by atoms with van der Waals surface area (Å²) in [5.41, 5.74) is 8.17. The molecule has 0 spiro atoms. The molecule has 0 radical (unpaired) electrons. The van der Waals surface area contributed by atoms with E-state index in [4.69, 9.17) is 0 Å². The molecule has 0 unspecified atom stereocenters. The minimum atomic E-state index is 0.0721. The molecule has 3 aromatic carbocycles. The summed E-state index contributed by atoms with van der Waals surface area (Å²) in [6.45, 7) is 4.25. The minimum absolute atomic E-state index is 0.0721. The third-order valence-corrected chi connectivity index (χ3v) is 5.69. The van der Waals surface area contributed by atoms with Crippen molar-refractivity contribution in [1.29, 1.82) is 0 Å². The summed E-state index contributed by atoms with van der Waals surface area (Å²) in [5, 5.41) is 2.19. The van der Waals surface area contributed by atoms with Gasteiger partial charge in [-0.15, -0.1) is 0 Å². The summed E-state index contributed by atoms with van der Waals surface area (Å²) < 4.78 is 0. The number of aromatic nitrogens is 2. The van der Waals surface area contributed by atoms with Gasteiger partial charge in [-0.1, -0.05) is 54.6 Å². The Labute approximate surface area is 175 Å². The van der Waals surface area contributed by atoms with Gasteiger partial charge >= 0.3 is 0 Å². The molecule has 5 aromatic rings. The second-order valence-electron chi connectivity index (χ2n) is 7.85. The van der Waals surface area contributed by atoms with Gasteiger partial charge in [-0.05, 0) is 49.2 Å². The van der Waals surface area contributed by atoms with Crippen LogP contribution < -0.4 is 0 Å². The van der Waals surface area contributed by atoms with Gasteiger partial charge in [-0.25, -0.2) is 0 Å². The van der Waals surface area contributed by atoms with E-state index in [0.717, 1.165) is 33.2 Å². The first-order valence-electron chi connectivity index (χ1n) is 10.2. The minimum Gasteiger partial charge on any atom is -0.354 e. The summed E-state index contributed by atoms with van der Waals surface area (Å²) >= 11 is 0. The van der Waals surface area contributed by atoms with E-state index < -0.39 is 0 Å². The van der Waals surface area contributed by atoms with E-state index in [1.165, 1.54) is 16.7 Å². The normalized spacial score (nSPS) is 11.3. The first-order chi connectivity index (χ1) is 14.6. The summed E-state index contributed by atoms with van der Waals surface area (Å²) in [4.78, 5) is 21.1. The number of para-hydroxylation sites is 1. The number of nitrogens with zero attached hydrogens (tertiary/aromatic N) is 1. The van der Waals surface area contributed by atoms with Gasteiger partial charge in [0.2, 0.25) is 0 Å². The van der Waals surface area contributed by atoms with Gasteiger partial charge in [0.1, 0.15) is 0 Å². The molecule has 0 atom stereocenters. The van der Waals surface area contributed by atoms with Crippen LogP contribution in [0.5, 0.6) is 0 Å². The smallest absolute Gasteiger partial charge is 0.168 e. The zero-order chi connectivity index (χ0) is 20.7. The number of carbonyl (C=O) groups excluding carboxylic acids is 1. The number of benzene rings is 3. The highest BCUT2D eigenvalue weighted by Gasteiger charge is 2.13. The number of rotatable bonds is 4. The molecule has 0 amide bonds. The zero-order valence-corrected chi connectivity index (χ0v) is 17.1. The van der Waals surface area contributed by atoms with Crippen molar-refractivity contribution in [2.45, 2.75) is 20.3 Å². The number of aryl methyl sites for hydroxylation is 2. The molecule has 0 saturated heterocycles. The molecule has 3 nitrogen and oxygen atoms in total. The van der Waals surface area contributed by atoms with Crippen LogP contribution in [0.4, 0.5) is 0 Å². The fourth-order valence-corrected chi connectivity index (χ4v) is 4.15. The Hall–Kier alpha value is -3.72. The van der Waals surface area contributed by atoms with Crippen molar-refractivity contribution < 1.29 is 4.79 Å². The van der Waals surface area contributed by atoms with E-state index in [2.05, 4.69) is 48.1 Å². The fourth-order valence-electron chi connectivity index (χ4n) is 4.15. The predicted octanol–water partition coefficient (Wildman–Crippen LogP) is 6.43. The van der Waals surface area contributed by atoms with Gasteiger partial charge in [-0.3, -0.25) is 9.78 Å². The molecule has 0 aliphatic carbocycles. The van der Waals surface area contributed by atoms with Crippen LogP contribution in [0.1, 0.15) is 27.2 Å². The maximum Gasteiger partial charge on any atom is 0.168 e. The third kappa shape index (κ3) is 3.29. The SMILES string of the molecule is Cc1cccc(C)c1-c1cc2ccc(C(=O)Cc3ccc4ccccc4n3)cc2[nH]1. The van der Waals surface area contributed by atoms with E-state index in [1.54, 1.807) is 0 Å². The van der Waals surface area contributed by atoms with Crippen LogP contribution in [0.2, 0.25) is 0 Å². The summed E-state index contributed by atoms with van der Waals surface area (Å²) in [5.74, 6) is 0.0721. The Morgan fingerprint density at radius 3 is 2.43 bits per heavy atom. The van der Waals surface area contributed by atoms with E-state index in [-0.39, 0.29) is 5.78 Å². The molecule has 30 heavy (non-hydrogen) atoms. The molecule has 0 aliphatic heterocycles. The molecule has 146 valence electrons. The zero-order valence-electron chi connectivity index (χ0n) is 17.1. The Kier molecular flexibility index (Phi) is 4.44. The van der Waals surface area contributed by atoms with Crippen molar-refractivity contribution in [3.8, 4) is 11.3 Å². The van der Waals surface area contributed by atoms with E-state index in [1.807, 2.05) is 54.6 Å². The average Bonchev–Trinajstić information content (AvgIpc) is 3.16. The third-order valence-electron chi connectivity index (χ3n) is 5.69. The fraction of sp³-hybridized carbons (Fsp3) is 0.111. The maximum atomic E-state index is 12.9. The lowest BCUT2D eigenvalue weighted by atomic mass is 10.00. The number of carbonyl (C=O) groups is 1. The molecule has 0 aliphatic rings. The van der Waals surface area contributed by atoms with Crippen molar-refractivity contribution in [2.75, 3.05) is 0 Å². The van der Waals surface area contributed by atoms with Gasteiger partial charge in [0.25, 0.3) is 0 Å². The second-order valence-corrected chi connectivity index (χ2v) is 7.85. The topological polar surface area (TPSA) is 45.8 Å². The van der Waals surface area contributed by atoms with Gasteiger partial charge < -0.3 is 4.98 Å². The molecule has 2 aromatic heterocycles. The summed E-state index contributed by atoms with van der Waals surface area (Å²) in [6.07, 6.45) is 0.292. The highest BCUT2D eigenvalue weighted by Crippen LogP contribution is 2.30. The number of Topliss-reactive ketones (excluding diaryl/α,β-unsaturated/α-hetero) is 1. The molecule has 0 bridgehead atoms. The maximum absolute atomic E-state index is 12.9. The standard InChI is InChI=1S/C27H22N2O/c1-17-6-5-7-18(2)27(17)25-14-20-10-11-21(15-24(20)29-25)26(30)16-22-13-12-19-8-3-4-9-23(19)28-22/h3-15,29H,16H2,1-2H3. The largest absolute Gasteiger partial charge is 0.354 e. The number of hydrogen-bond donors (Lipinski definition) is 1. The van der Waals surface area contributed by atoms with Crippen molar-refractivity contribution in [3.05, 3.63) is 101 Å². The van der Waals surface area contributed by atoms with Crippen LogP contribution >= 0.6 is 0 Å². The average molecular weight is 390 g/mol. The number of ketones is 1. The van der Waals surface area contributed by atoms with Crippen molar-refractivity contribution in [2.24, 2.45) is 0 Å². The van der Waals surface area contributed by atoms with Crippen LogP contribution in [0.15, 0.2) is 78.9 Å². The van der Waals surface area contributed by atoms with E-state index in [9.17, 15) is 4.79 Å². The number of aromatic amines is 1. The highest BCUT2D eigenvalue weighted by atomic mass is 16.1. The molecule has 1 N–H and O–H groups in total. The number of pyridine rings is 1. The highest BCUT2D eigenvalue weighted by molar-refractivity contribution is 6.01. The van der Waals surface area contributed by atoms with Crippen LogP contribution in [-0.2, 0) is 6.42 Å². The summed E-state index contributed by atoms with van der Waals surface area (Å²) in [7, 11) is 0. The lowest BCUT2D eigenvalue weighted by Crippen LogP contribution is -2.05. The molecule has 0 fully saturated rings. The molecule has 3 heteroatoms. The number of fused-ring (bicyclic) bond motifs is 2. The van der Waals surface area contributed by atoms with Crippen LogP contribution in [0.3, 0.4) is 0 Å². The molecule has 2 heterocycles. The lowest BCUT2D eigenvalue weighted by molar-refractivity contribution is 0.0992. The molecular weight excluding hydrogens is 368 g/mol. The number of nitrogens with one attached hydrogen (secondary N) is 1. The van der Waals surface area contributed by atoms with Crippen LogP contribution in [0, 0.1) is 13.8 Å². The number of hydrogen-bond acceptors (Lipinski definition) is 2. The molecule has 5 rings (SSSR count). The molecule has 0 saturated carbocycles. The van der Waals surface area contributed by atoms with Gasteiger partial charge in [-0.2, -0.15) is 0 Å². The van der Waals surface area contributed by atoms with E-state index >= 15 is 0 Å². The van der Waals surface area contributed by atoms with Gasteiger partial charge in [0.15, 0.2) is 5.78 Å². The van der Waals surface area contributed by atoms with Crippen molar-refractivity contribution >= 4 is 27.6 Å². The first-order valence-corrected chi connectivity index (χ1v) is 10.2. The van der Waals surface area contributed by atoms with Gasteiger partial charge in [0.05, 0.1) is 11.9 Å². The molecular formula is C27H22N2O. The van der Waals surface area contributed by atoms with E-state index in [0.29, 0.717) is 12.0 Å². The van der Waals surface area contributed by atoms with Crippen LogP contribution in [-0.4, -0.2) is 15.8 Å². The Balaban J connectivity index is 1.46. The summed E-state index contributed by atoms with van der Waals surface area (Å²) in [6, 6.07) is 26.3. The quantitative estimate of drug-likeness (QED) is 0.360. The predicted molar refractivity (Wildman–Crippen MR) is 123 cm³/mol. The van der Waals surface area contributed by atoms with Crippen molar-refractivity contribution in [3.63, 3.8) is 0 Å². The Morgan fingerprint density at radius 2 is 1.60 bits per heavy atom. The second kappa shape index (κ2) is 7.27. The number of H-pyrrole nitrogens is 1. The Morgan fingerprint density at radius 1 is 0.833 bits per heavy atom.